The van der Waals surface area contributed by atoms with Gasteiger partial charge in [0.1, 0.15) is 0 Å². The van der Waals surface area contributed by atoms with Gasteiger partial charge >= 0.3 is 0 Å². The van der Waals surface area contributed by atoms with E-state index in [1.165, 1.54) is 0 Å². The molecule has 2 rings (SSSR count). The van der Waals surface area contributed by atoms with E-state index in [2.05, 4.69) is 26.1 Å². The number of nitrogens with zero attached hydrogens (tertiary/aromatic N) is 2. The van der Waals surface area contributed by atoms with Crippen LogP contribution < -0.4 is 5.32 Å². The smallest absolute Gasteiger partial charge is 0.223 e. The lowest BCUT2D eigenvalue weighted by molar-refractivity contribution is -0.127. The number of amides is 1. The molecule has 0 bridgehead atoms. The van der Waals surface area contributed by atoms with E-state index < -0.39 is 0 Å². The molecule has 0 aromatic heterocycles. The maximum absolute atomic E-state index is 11.5. The van der Waals surface area contributed by atoms with E-state index in [4.69, 9.17) is 0 Å². The SMILES string of the molecule is O=C1CC(Br)CN1CCN1CCNCC1. The Hall–Kier alpha value is -0.130. The Balaban J connectivity index is 1.70. The minimum atomic E-state index is 0.298. The van der Waals surface area contributed by atoms with Crippen LogP contribution in [0.1, 0.15) is 6.42 Å². The summed E-state index contributed by atoms with van der Waals surface area (Å²) in [6.07, 6.45) is 0.668. The molecular formula is C10H18BrN3O. The normalized spacial score (nSPS) is 28.7. The zero-order valence-corrected chi connectivity index (χ0v) is 10.5. The summed E-state index contributed by atoms with van der Waals surface area (Å²) in [7, 11) is 0. The summed E-state index contributed by atoms with van der Waals surface area (Å²) in [5.74, 6) is 0.298. The maximum atomic E-state index is 11.5. The van der Waals surface area contributed by atoms with Crippen LogP contribution in [0.25, 0.3) is 0 Å². The number of nitrogens with one attached hydrogen (secondary N) is 1. The van der Waals surface area contributed by atoms with Crippen molar-refractivity contribution in [2.75, 3.05) is 45.8 Å². The van der Waals surface area contributed by atoms with Crippen LogP contribution in [0.4, 0.5) is 0 Å². The summed E-state index contributed by atoms with van der Waals surface area (Å²) in [6.45, 7) is 7.17. The predicted octanol–water partition coefficient (Wildman–Crippen LogP) is -0.113. The molecule has 1 N–H and O–H groups in total. The second-order valence-electron chi connectivity index (χ2n) is 4.23. The number of alkyl halides is 1. The van der Waals surface area contributed by atoms with Crippen LogP contribution in [0.3, 0.4) is 0 Å². The standard InChI is InChI=1S/C10H18BrN3O/c11-9-7-10(15)14(8-9)6-5-13-3-1-12-2-4-13/h9,12H,1-8H2. The van der Waals surface area contributed by atoms with Crippen LogP contribution in [0.15, 0.2) is 0 Å². The third-order valence-corrected chi connectivity index (χ3v) is 3.68. The quantitative estimate of drug-likeness (QED) is 0.730. The first kappa shape index (κ1) is 11.4. The number of rotatable bonds is 3. The van der Waals surface area contributed by atoms with Gasteiger partial charge in [-0.3, -0.25) is 9.69 Å². The number of hydrogen-bond donors (Lipinski definition) is 1. The van der Waals surface area contributed by atoms with Gasteiger partial charge in [-0.1, -0.05) is 15.9 Å². The first-order chi connectivity index (χ1) is 7.25. The van der Waals surface area contributed by atoms with Crippen molar-refractivity contribution in [3.8, 4) is 0 Å². The number of carbonyl (C=O) groups excluding carboxylic acids is 1. The summed E-state index contributed by atoms with van der Waals surface area (Å²) in [5, 5.41) is 3.33. The Morgan fingerprint density at radius 1 is 1.33 bits per heavy atom. The van der Waals surface area contributed by atoms with Crippen molar-refractivity contribution in [3.63, 3.8) is 0 Å². The Kier molecular flexibility index (Phi) is 3.99. The van der Waals surface area contributed by atoms with Gasteiger partial charge in [0.15, 0.2) is 0 Å². The number of piperazine rings is 1. The van der Waals surface area contributed by atoms with Crippen molar-refractivity contribution in [2.45, 2.75) is 11.2 Å². The van der Waals surface area contributed by atoms with Crippen molar-refractivity contribution in [2.24, 2.45) is 0 Å². The molecule has 0 spiro atoms. The Labute approximate surface area is 99.1 Å². The molecule has 2 aliphatic heterocycles. The van der Waals surface area contributed by atoms with E-state index in [1.807, 2.05) is 4.90 Å². The van der Waals surface area contributed by atoms with Crippen LogP contribution in [0, 0.1) is 0 Å². The molecule has 0 saturated carbocycles. The molecule has 15 heavy (non-hydrogen) atoms. The first-order valence-corrected chi connectivity index (χ1v) is 6.52. The van der Waals surface area contributed by atoms with Crippen molar-refractivity contribution >= 4 is 21.8 Å². The van der Waals surface area contributed by atoms with Crippen LogP contribution in [0.2, 0.25) is 0 Å². The molecule has 2 saturated heterocycles. The molecule has 2 heterocycles. The highest BCUT2D eigenvalue weighted by Gasteiger charge is 2.27. The minimum absolute atomic E-state index is 0.298. The molecule has 2 fully saturated rings. The zero-order chi connectivity index (χ0) is 10.7. The van der Waals surface area contributed by atoms with Gasteiger partial charge in [0.25, 0.3) is 0 Å². The number of likely N-dealkylation sites (tertiary alicyclic amines) is 1. The summed E-state index contributed by atoms with van der Waals surface area (Å²) in [6, 6.07) is 0. The average Bonchev–Trinajstić information content (AvgIpc) is 2.56. The van der Waals surface area contributed by atoms with Crippen LogP contribution in [-0.4, -0.2) is 66.3 Å². The molecule has 5 heteroatoms. The van der Waals surface area contributed by atoms with Gasteiger partial charge in [-0.25, -0.2) is 0 Å². The highest BCUT2D eigenvalue weighted by atomic mass is 79.9. The Morgan fingerprint density at radius 2 is 2.07 bits per heavy atom. The van der Waals surface area contributed by atoms with E-state index in [1.54, 1.807) is 0 Å². The highest BCUT2D eigenvalue weighted by Crippen LogP contribution is 2.17. The second kappa shape index (κ2) is 5.27. The minimum Gasteiger partial charge on any atom is -0.340 e. The molecule has 4 nitrogen and oxygen atoms in total. The van der Waals surface area contributed by atoms with Crippen LogP contribution >= 0.6 is 15.9 Å². The van der Waals surface area contributed by atoms with Gasteiger partial charge < -0.3 is 10.2 Å². The third kappa shape index (κ3) is 3.16. The molecule has 0 aromatic carbocycles. The maximum Gasteiger partial charge on any atom is 0.223 e. The highest BCUT2D eigenvalue weighted by molar-refractivity contribution is 9.09. The lowest BCUT2D eigenvalue weighted by atomic mass is 10.3. The lowest BCUT2D eigenvalue weighted by Gasteiger charge is -2.29. The van der Waals surface area contributed by atoms with Crippen molar-refractivity contribution < 1.29 is 4.79 Å². The van der Waals surface area contributed by atoms with E-state index in [0.717, 1.165) is 45.8 Å². The van der Waals surface area contributed by atoms with Gasteiger partial charge in [-0.2, -0.15) is 0 Å². The Bertz CT molecular complexity index is 231. The summed E-state index contributed by atoms with van der Waals surface area (Å²) < 4.78 is 0. The van der Waals surface area contributed by atoms with Gasteiger partial charge in [0.05, 0.1) is 0 Å². The van der Waals surface area contributed by atoms with Gasteiger partial charge in [-0.05, 0) is 0 Å². The molecule has 1 atom stereocenters. The fourth-order valence-electron chi connectivity index (χ4n) is 2.14. The molecule has 2 aliphatic rings. The van der Waals surface area contributed by atoms with E-state index in [-0.39, 0.29) is 0 Å². The molecule has 0 aliphatic carbocycles. The lowest BCUT2D eigenvalue weighted by Crippen LogP contribution is -2.46. The van der Waals surface area contributed by atoms with Crippen molar-refractivity contribution in [1.82, 2.24) is 15.1 Å². The van der Waals surface area contributed by atoms with E-state index >= 15 is 0 Å². The molecule has 0 aromatic rings. The fourth-order valence-corrected chi connectivity index (χ4v) is 2.76. The summed E-state index contributed by atoms with van der Waals surface area (Å²) in [5.41, 5.74) is 0. The largest absolute Gasteiger partial charge is 0.340 e. The van der Waals surface area contributed by atoms with E-state index in [9.17, 15) is 4.79 Å². The Morgan fingerprint density at radius 3 is 2.67 bits per heavy atom. The predicted molar refractivity (Wildman–Crippen MR) is 63.2 cm³/mol. The monoisotopic (exact) mass is 275 g/mol. The third-order valence-electron chi connectivity index (χ3n) is 3.06. The number of halogens is 1. The van der Waals surface area contributed by atoms with Gasteiger partial charge in [-0.15, -0.1) is 0 Å². The molecule has 1 amide bonds. The topological polar surface area (TPSA) is 35.6 Å². The molecule has 1 unspecified atom stereocenters. The van der Waals surface area contributed by atoms with E-state index in [0.29, 0.717) is 17.2 Å². The van der Waals surface area contributed by atoms with Gasteiger partial charge in [0.2, 0.25) is 5.91 Å². The van der Waals surface area contributed by atoms with Gasteiger partial charge in [0, 0.05) is 57.1 Å². The fraction of sp³-hybridized carbons (Fsp3) is 0.900. The van der Waals surface area contributed by atoms with Crippen LogP contribution in [0.5, 0.6) is 0 Å². The van der Waals surface area contributed by atoms with Crippen LogP contribution in [-0.2, 0) is 4.79 Å². The van der Waals surface area contributed by atoms with Crippen molar-refractivity contribution in [3.05, 3.63) is 0 Å². The van der Waals surface area contributed by atoms with Crippen molar-refractivity contribution in [1.29, 1.82) is 0 Å². The summed E-state index contributed by atoms with van der Waals surface area (Å²) in [4.78, 5) is 16.3. The molecule has 0 radical (unpaired) electrons. The average molecular weight is 276 g/mol. The number of carbonyl (C=O) groups is 1. The second-order valence-corrected chi connectivity index (χ2v) is 5.53. The molecular weight excluding hydrogens is 258 g/mol. The molecule has 86 valence electrons. The summed E-state index contributed by atoms with van der Waals surface area (Å²) >= 11 is 3.50. The first-order valence-electron chi connectivity index (χ1n) is 5.60. The zero-order valence-electron chi connectivity index (χ0n) is 8.91. The number of hydrogen-bond acceptors (Lipinski definition) is 3.